The summed E-state index contributed by atoms with van der Waals surface area (Å²) in [6, 6.07) is 1.45. The van der Waals surface area contributed by atoms with Crippen LogP contribution in [0, 0.1) is 22.7 Å². The van der Waals surface area contributed by atoms with E-state index < -0.39 is 0 Å². The van der Waals surface area contributed by atoms with E-state index in [4.69, 9.17) is 0 Å². The van der Waals surface area contributed by atoms with Crippen molar-refractivity contribution in [1.82, 2.24) is 0 Å². The molecule has 0 aromatic heterocycles. The maximum Gasteiger partial charge on any atom is 0.161 e. The highest BCUT2D eigenvalue weighted by Gasteiger charge is 2.61. The highest BCUT2D eigenvalue weighted by Crippen LogP contribution is 2.68. The third kappa shape index (κ3) is 2.01. The standard InChI is InChI=1S/C22H30O3/c1-20(2)7-5-8-21(3)16(20)6-9-22(4)17(21)11-14-18(22)13(12-23)10-15(24)19(14)25/h10,12,16-17,24-25H,5-9,11H2,1-4H3/t16-,17+,21-,22+/m0/s1. The van der Waals surface area contributed by atoms with Crippen LogP contribution in [0.15, 0.2) is 6.07 Å². The summed E-state index contributed by atoms with van der Waals surface area (Å²) in [6.07, 6.45) is 7.62. The third-order valence-corrected chi connectivity index (χ3v) is 8.31. The number of phenols is 2. The van der Waals surface area contributed by atoms with E-state index in [0.29, 0.717) is 22.8 Å². The van der Waals surface area contributed by atoms with Gasteiger partial charge in [0.05, 0.1) is 0 Å². The summed E-state index contributed by atoms with van der Waals surface area (Å²) in [4.78, 5) is 11.7. The predicted octanol–water partition coefficient (Wildman–Crippen LogP) is 4.97. The van der Waals surface area contributed by atoms with Gasteiger partial charge in [0.25, 0.3) is 0 Å². The lowest BCUT2D eigenvalue weighted by Crippen LogP contribution is -2.55. The van der Waals surface area contributed by atoms with E-state index in [0.717, 1.165) is 30.3 Å². The summed E-state index contributed by atoms with van der Waals surface area (Å²) in [5, 5.41) is 20.6. The van der Waals surface area contributed by atoms with Crippen molar-refractivity contribution >= 4 is 6.29 Å². The van der Waals surface area contributed by atoms with Crippen molar-refractivity contribution in [3.05, 3.63) is 22.8 Å². The molecule has 3 heteroatoms. The van der Waals surface area contributed by atoms with Crippen molar-refractivity contribution in [2.24, 2.45) is 22.7 Å². The lowest BCUT2D eigenvalue weighted by Gasteiger charge is -2.61. The van der Waals surface area contributed by atoms with Crippen LogP contribution in [0.5, 0.6) is 11.5 Å². The Morgan fingerprint density at radius 3 is 2.48 bits per heavy atom. The highest BCUT2D eigenvalue weighted by atomic mass is 16.3. The smallest absolute Gasteiger partial charge is 0.161 e. The Labute approximate surface area is 150 Å². The van der Waals surface area contributed by atoms with E-state index in [-0.39, 0.29) is 22.3 Å². The monoisotopic (exact) mass is 342 g/mol. The number of phenolic OH excluding ortho intramolecular Hbond substituents is 2. The highest BCUT2D eigenvalue weighted by molar-refractivity contribution is 5.82. The Kier molecular flexibility index (Phi) is 3.40. The molecule has 1 aromatic carbocycles. The molecule has 4 rings (SSSR count). The molecule has 0 unspecified atom stereocenters. The molecule has 2 saturated carbocycles. The van der Waals surface area contributed by atoms with Gasteiger partial charge in [0.1, 0.15) is 6.29 Å². The molecule has 1 aromatic rings. The van der Waals surface area contributed by atoms with Crippen molar-refractivity contribution in [1.29, 1.82) is 0 Å². The fraction of sp³-hybridized carbons (Fsp3) is 0.682. The van der Waals surface area contributed by atoms with Gasteiger partial charge in [0.2, 0.25) is 0 Å². The van der Waals surface area contributed by atoms with Crippen molar-refractivity contribution < 1.29 is 15.0 Å². The number of carbonyl (C=O) groups excluding carboxylic acids is 1. The van der Waals surface area contributed by atoms with Crippen LogP contribution in [0.25, 0.3) is 0 Å². The van der Waals surface area contributed by atoms with E-state index in [9.17, 15) is 15.0 Å². The number of hydrogen-bond acceptors (Lipinski definition) is 3. The number of aromatic hydroxyl groups is 2. The van der Waals surface area contributed by atoms with Crippen LogP contribution in [0.2, 0.25) is 0 Å². The van der Waals surface area contributed by atoms with Gasteiger partial charge in [-0.25, -0.2) is 0 Å². The van der Waals surface area contributed by atoms with Crippen LogP contribution in [-0.4, -0.2) is 16.5 Å². The second-order valence-corrected chi connectivity index (χ2v) is 9.92. The zero-order valence-electron chi connectivity index (χ0n) is 15.9. The van der Waals surface area contributed by atoms with E-state index in [1.54, 1.807) is 0 Å². The van der Waals surface area contributed by atoms with E-state index in [1.807, 2.05) is 0 Å². The molecule has 2 N–H and O–H groups in total. The largest absolute Gasteiger partial charge is 0.504 e. The van der Waals surface area contributed by atoms with Crippen LogP contribution in [-0.2, 0) is 11.8 Å². The maximum atomic E-state index is 11.7. The van der Waals surface area contributed by atoms with Gasteiger partial charge in [-0.3, -0.25) is 4.79 Å². The van der Waals surface area contributed by atoms with Crippen LogP contribution in [0.1, 0.15) is 81.3 Å². The fourth-order valence-corrected chi connectivity index (χ4v) is 7.31. The predicted molar refractivity (Wildman–Crippen MR) is 98.2 cm³/mol. The molecule has 0 spiro atoms. The van der Waals surface area contributed by atoms with Gasteiger partial charge in [-0.1, -0.05) is 34.1 Å². The van der Waals surface area contributed by atoms with Gasteiger partial charge in [-0.2, -0.15) is 0 Å². The Hall–Kier alpha value is -1.51. The fourth-order valence-electron chi connectivity index (χ4n) is 7.31. The molecule has 3 aliphatic carbocycles. The first-order chi connectivity index (χ1) is 11.6. The molecule has 2 fully saturated rings. The average Bonchev–Trinajstić information content (AvgIpc) is 2.85. The molecular weight excluding hydrogens is 312 g/mol. The molecule has 136 valence electrons. The van der Waals surface area contributed by atoms with Crippen LogP contribution >= 0.6 is 0 Å². The summed E-state index contributed by atoms with van der Waals surface area (Å²) < 4.78 is 0. The Bertz CT molecular complexity index is 750. The molecule has 0 bridgehead atoms. The number of hydrogen-bond donors (Lipinski definition) is 2. The van der Waals surface area contributed by atoms with Crippen LogP contribution in [0.3, 0.4) is 0 Å². The molecule has 3 nitrogen and oxygen atoms in total. The van der Waals surface area contributed by atoms with Gasteiger partial charge in [0, 0.05) is 11.1 Å². The first-order valence-electron chi connectivity index (χ1n) is 9.68. The SMILES string of the molecule is CC1(C)CCC[C@]2(C)[C@H]3Cc4c(O)c(O)cc(C=O)c4[C@]3(C)CC[C@@H]12. The molecule has 4 atom stereocenters. The number of aldehydes is 1. The normalized spacial score (nSPS) is 38.6. The topological polar surface area (TPSA) is 57.5 Å². The Morgan fingerprint density at radius 2 is 1.80 bits per heavy atom. The minimum Gasteiger partial charge on any atom is -0.504 e. The molecule has 3 aliphatic rings. The number of benzene rings is 1. The van der Waals surface area contributed by atoms with Gasteiger partial charge in [-0.05, 0) is 71.8 Å². The maximum absolute atomic E-state index is 11.7. The van der Waals surface area contributed by atoms with E-state index in [2.05, 4.69) is 27.7 Å². The van der Waals surface area contributed by atoms with Gasteiger partial charge in [-0.15, -0.1) is 0 Å². The van der Waals surface area contributed by atoms with Gasteiger partial charge in [0.15, 0.2) is 11.5 Å². The Balaban J connectivity index is 1.89. The quantitative estimate of drug-likeness (QED) is 0.560. The lowest BCUT2D eigenvalue weighted by atomic mass is 9.43. The second kappa shape index (κ2) is 5.02. The summed E-state index contributed by atoms with van der Waals surface area (Å²) >= 11 is 0. The number of fused-ring (bicyclic) bond motifs is 5. The zero-order chi connectivity index (χ0) is 18.2. The van der Waals surface area contributed by atoms with Crippen molar-refractivity contribution in [3.63, 3.8) is 0 Å². The number of rotatable bonds is 1. The summed E-state index contributed by atoms with van der Waals surface area (Å²) in [7, 11) is 0. The van der Waals surface area contributed by atoms with Crippen LogP contribution < -0.4 is 0 Å². The molecular formula is C22H30O3. The average molecular weight is 342 g/mol. The molecule has 0 heterocycles. The molecule has 25 heavy (non-hydrogen) atoms. The summed E-state index contributed by atoms with van der Waals surface area (Å²) in [5.74, 6) is 0.927. The van der Waals surface area contributed by atoms with E-state index in [1.165, 1.54) is 31.7 Å². The minimum absolute atomic E-state index is 0.00792. The Morgan fingerprint density at radius 1 is 1.08 bits per heavy atom. The number of carbonyl (C=O) groups is 1. The zero-order valence-corrected chi connectivity index (χ0v) is 15.9. The first kappa shape index (κ1) is 16.9. The summed E-state index contributed by atoms with van der Waals surface area (Å²) in [5.41, 5.74) is 2.87. The molecule has 0 amide bonds. The second-order valence-electron chi connectivity index (χ2n) is 9.92. The molecule has 0 aliphatic heterocycles. The molecule has 0 radical (unpaired) electrons. The van der Waals surface area contributed by atoms with Gasteiger partial charge < -0.3 is 10.2 Å². The lowest BCUT2D eigenvalue weighted by molar-refractivity contribution is -0.0983. The van der Waals surface area contributed by atoms with Gasteiger partial charge >= 0.3 is 0 Å². The third-order valence-electron chi connectivity index (χ3n) is 8.31. The van der Waals surface area contributed by atoms with Crippen molar-refractivity contribution in [2.75, 3.05) is 0 Å². The minimum atomic E-state index is -0.159. The first-order valence-corrected chi connectivity index (χ1v) is 9.68. The molecule has 0 saturated heterocycles. The van der Waals surface area contributed by atoms with Crippen molar-refractivity contribution in [2.45, 2.75) is 71.6 Å². The van der Waals surface area contributed by atoms with Crippen LogP contribution in [0.4, 0.5) is 0 Å². The summed E-state index contributed by atoms with van der Waals surface area (Å²) in [6.45, 7) is 9.57. The van der Waals surface area contributed by atoms with E-state index >= 15 is 0 Å². The van der Waals surface area contributed by atoms with Crippen molar-refractivity contribution in [3.8, 4) is 11.5 Å².